The summed E-state index contributed by atoms with van der Waals surface area (Å²) in [6, 6.07) is 8.40. The van der Waals surface area contributed by atoms with E-state index in [4.69, 9.17) is 0 Å². The summed E-state index contributed by atoms with van der Waals surface area (Å²) in [5.74, 6) is -0.220. The van der Waals surface area contributed by atoms with Gasteiger partial charge in [0.2, 0.25) is 16.1 Å². The van der Waals surface area contributed by atoms with Crippen molar-refractivity contribution in [1.29, 1.82) is 0 Å². The van der Waals surface area contributed by atoms with Gasteiger partial charge in [0.1, 0.15) is 0 Å². The summed E-state index contributed by atoms with van der Waals surface area (Å²) in [5, 5.41) is 2.84. The van der Waals surface area contributed by atoms with Crippen molar-refractivity contribution in [1.82, 2.24) is 4.31 Å². The number of hydrogen-bond acceptors (Lipinski definition) is 4. The zero-order valence-electron chi connectivity index (χ0n) is 18.4. The Balaban J connectivity index is 0.00000450. The molecule has 0 aliphatic carbocycles. The van der Waals surface area contributed by atoms with Gasteiger partial charge in [-0.15, -0.1) is 0 Å². The summed E-state index contributed by atoms with van der Waals surface area (Å²) < 4.78 is 29.0. The third-order valence-electron chi connectivity index (χ3n) is 4.96. The second-order valence-corrected chi connectivity index (χ2v) is 9.04. The Hall–Kier alpha value is -2.16. The lowest BCUT2D eigenvalue weighted by Crippen LogP contribution is -3.00. The number of halogens is 1. The molecular formula is C21H31ClN4O3S. The van der Waals surface area contributed by atoms with Gasteiger partial charge >= 0.3 is 0 Å². The number of amides is 1. The fourth-order valence-corrected chi connectivity index (χ4v) is 4.74. The van der Waals surface area contributed by atoms with E-state index in [-0.39, 0.29) is 23.2 Å². The van der Waals surface area contributed by atoms with Gasteiger partial charge in [-0.25, -0.2) is 8.42 Å². The molecule has 0 spiro atoms. The summed E-state index contributed by atoms with van der Waals surface area (Å²) in [4.78, 5) is 14.9. The van der Waals surface area contributed by atoms with Gasteiger partial charge in [0.15, 0.2) is 12.4 Å². The molecule has 2 rings (SSSR count). The highest BCUT2D eigenvalue weighted by atomic mass is 35.5. The lowest BCUT2D eigenvalue weighted by Gasteiger charge is -2.20. The molecule has 0 saturated heterocycles. The van der Waals surface area contributed by atoms with Gasteiger partial charge in [0.05, 0.1) is 4.90 Å². The number of anilines is 2. The van der Waals surface area contributed by atoms with Crippen molar-refractivity contribution in [3.8, 4) is 0 Å². The summed E-state index contributed by atoms with van der Waals surface area (Å²) in [5.41, 5.74) is 2.15. The molecule has 166 valence electrons. The van der Waals surface area contributed by atoms with Crippen LogP contribution in [-0.4, -0.2) is 45.8 Å². The molecule has 1 heterocycles. The minimum atomic E-state index is -3.60. The molecule has 2 aromatic rings. The monoisotopic (exact) mass is 454 g/mol. The number of aryl methyl sites for hydroxylation is 1. The third-order valence-corrected chi connectivity index (χ3v) is 7.15. The van der Waals surface area contributed by atoms with Crippen molar-refractivity contribution in [2.24, 2.45) is 0 Å². The normalized spacial score (nSPS) is 12.2. The molecule has 1 N–H and O–H groups in total. The molecule has 1 atom stereocenters. The maximum absolute atomic E-state index is 12.9. The first-order valence-electron chi connectivity index (χ1n) is 9.71. The highest BCUT2D eigenvalue weighted by Crippen LogP contribution is 2.24. The van der Waals surface area contributed by atoms with E-state index in [0.29, 0.717) is 24.3 Å². The molecule has 1 aromatic heterocycles. The number of carbonyl (C=O) groups is 1. The van der Waals surface area contributed by atoms with Crippen molar-refractivity contribution < 1.29 is 30.2 Å². The molecule has 0 aliphatic heterocycles. The third kappa shape index (κ3) is 5.71. The van der Waals surface area contributed by atoms with E-state index in [9.17, 15) is 13.2 Å². The van der Waals surface area contributed by atoms with Crippen LogP contribution in [0.15, 0.2) is 47.6 Å². The van der Waals surface area contributed by atoms with Crippen LogP contribution < -0.4 is 27.2 Å². The quantitative estimate of drug-likeness (QED) is 0.550. The minimum absolute atomic E-state index is 0. The molecule has 0 saturated carbocycles. The summed E-state index contributed by atoms with van der Waals surface area (Å²) in [7, 11) is 0.307. The second kappa shape index (κ2) is 10.7. The van der Waals surface area contributed by atoms with E-state index >= 15 is 0 Å². The number of aromatic nitrogens is 1. The zero-order chi connectivity index (χ0) is 21.8. The number of hydrogen-bond donors (Lipinski definition) is 1. The molecule has 30 heavy (non-hydrogen) atoms. The fourth-order valence-electron chi connectivity index (χ4n) is 3.03. The maximum Gasteiger partial charge on any atom is 0.293 e. The topological polar surface area (TPSA) is 73.6 Å². The van der Waals surface area contributed by atoms with Crippen LogP contribution in [-0.2, 0) is 14.8 Å². The highest BCUT2D eigenvalue weighted by molar-refractivity contribution is 7.89. The van der Waals surface area contributed by atoms with Gasteiger partial charge in [-0.1, -0.05) is 19.9 Å². The van der Waals surface area contributed by atoms with Crippen molar-refractivity contribution in [2.45, 2.75) is 38.6 Å². The standard InChI is InChI=1S/C21H30N4O3S.ClH/c1-7-25(8-2)29(27,28)20-15-18(10-9-16(20)3)22-21(26)17(4)24-13-11-19(12-14-24)23(5)6;/h9-15,17H,7-8H2,1-6H3;1H. The Morgan fingerprint density at radius 2 is 1.67 bits per heavy atom. The van der Waals surface area contributed by atoms with Gasteiger partial charge in [-0.2, -0.15) is 8.87 Å². The maximum atomic E-state index is 12.9. The predicted molar refractivity (Wildman–Crippen MR) is 116 cm³/mol. The van der Waals surface area contributed by atoms with Crippen molar-refractivity contribution >= 4 is 27.3 Å². The van der Waals surface area contributed by atoms with Crippen molar-refractivity contribution in [3.05, 3.63) is 48.3 Å². The predicted octanol–water partition coefficient (Wildman–Crippen LogP) is -0.417. The molecule has 0 fully saturated rings. The van der Waals surface area contributed by atoms with E-state index in [1.165, 1.54) is 10.4 Å². The largest absolute Gasteiger partial charge is 1.00 e. The van der Waals surface area contributed by atoms with Crippen LogP contribution in [0.25, 0.3) is 0 Å². The van der Waals surface area contributed by atoms with E-state index in [2.05, 4.69) is 5.32 Å². The molecule has 0 bridgehead atoms. The van der Waals surface area contributed by atoms with Crippen molar-refractivity contribution in [2.75, 3.05) is 37.4 Å². The van der Waals surface area contributed by atoms with Crippen LogP contribution in [0.3, 0.4) is 0 Å². The number of sulfonamides is 1. The molecule has 7 nitrogen and oxygen atoms in total. The average Bonchev–Trinajstić information content (AvgIpc) is 2.69. The summed E-state index contributed by atoms with van der Waals surface area (Å²) in [6.45, 7) is 7.96. The Morgan fingerprint density at radius 3 is 2.17 bits per heavy atom. The second-order valence-electron chi connectivity index (χ2n) is 7.13. The van der Waals surface area contributed by atoms with Crippen LogP contribution in [0, 0.1) is 6.92 Å². The van der Waals surface area contributed by atoms with Gasteiger partial charge in [-0.05, 0) is 24.6 Å². The minimum Gasteiger partial charge on any atom is -1.00 e. The first-order valence-corrected chi connectivity index (χ1v) is 11.2. The van der Waals surface area contributed by atoms with Crippen LogP contribution in [0.5, 0.6) is 0 Å². The number of nitrogens with one attached hydrogen (secondary N) is 1. The van der Waals surface area contributed by atoms with E-state index in [1.807, 2.05) is 61.9 Å². The van der Waals surface area contributed by atoms with Gasteiger partial charge in [-0.3, -0.25) is 4.79 Å². The Kier molecular flexibility index (Phi) is 9.27. The van der Waals surface area contributed by atoms with Crippen molar-refractivity contribution in [3.63, 3.8) is 0 Å². The van der Waals surface area contributed by atoms with Crippen LogP contribution >= 0.6 is 0 Å². The Morgan fingerprint density at radius 1 is 1.10 bits per heavy atom. The number of rotatable bonds is 8. The summed E-state index contributed by atoms with van der Waals surface area (Å²) >= 11 is 0. The van der Waals surface area contributed by atoms with Gasteiger partial charge < -0.3 is 22.6 Å². The first-order chi connectivity index (χ1) is 13.6. The van der Waals surface area contributed by atoms with Crippen LogP contribution in [0.4, 0.5) is 11.4 Å². The van der Waals surface area contributed by atoms with E-state index in [0.717, 1.165) is 5.69 Å². The highest BCUT2D eigenvalue weighted by Gasteiger charge is 2.26. The van der Waals surface area contributed by atoms with Gasteiger partial charge in [0.25, 0.3) is 5.91 Å². The molecular weight excluding hydrogens is 424 g/mol. The van der Waals surface area contributed by atoms with Crippen LogP contribution in [0.2, 0.25) is 0 Å². The Labute approximate surface area is 186 Å². The fraction of sp³-hybridized carbons (Fsp3) is 0.429. The van der Waals surface area contributed by atoms with Gasteiger partial charge in [0, 0.05) is 57.6 Å². The lowest BCUT2D eigenvalue weighted by atomic mass is 10.2. The molecule has 1 aromatic carbocycles. The molecule has 1 amide bonds. The SMILES string of the molecule is CCN(CC)S(=O)(=O)c1cc(NC(=O)C(C)[n+]2ccc(N(C)C)cc2)ccc1C.[Cl-]. The van der Waals surface area contributed by atoms with Crippen LogP contribution in [0.1, 0.15) is 32.4 Å². The smallest absolute Gasteiger partial charge is 0.293 e. The molecule has 0 aliphatic rings. The van der Waals surface area contributed by atoms with E-state index in [1.54, 1.807) is 26.0 Å². The number of pyridine rings is 1. The molecule has 0 radical (unpaired) electrons. The first kappa shape index (κ1) is 25.9. The molecule has 1 unspecified atom stereocenters. The number of benzene rings is 1. The zero-order valence-corrected chi connectivity index (χ0v) is 20.0. The van der Waals surface area contributed by atoms with E-state index < -0.39 is 16.1 Å². The lowest BCUT2D eigenvalue weighted by molar-refractivity contribution is -0.705. The summed E-state index contributed by atoms with van der Waals surface area (Å²) in [6.07, 6.45) is 3.70. The Bertz CT molecular complexity index is 959. The number of carbonyl (C=O) groups excluding carboxylic acids is 1. The molecule has 9 heteroatoms. The average molecular weight is 455 g/mol. The number of nitrogens with zero attached hydrogens (tertiary/aromatic N) is 3.